The van der Waals surface area contributed by atoms with Gasteiger partial charge in [0, 0.05) is 39.0 Å². The summed E-state index contributed by atoms with van der Waals surface area (Å²) in [5.74, 6) is -0.834. The topological polar surface area (TPSA) is 49.3 Å². The molecule has 0 saturated carbocycles. The summed E-state index contributed by atoms with van der Waals surface area (Å²) in [7, 11) is 0. The second-order valence-electron chi connectivity index (χ2n) is 3.34. The third-order valence-electron chi connectivity index (χ3n) is 2.06. The fraction of sp³-hybridized carbons (Fsp3) is 0.300. The van der Waals surface area contributed by atoms with Gasteiger partial charge in [0.2, 0.25) is 0 Å². The summed E-state index contributed by atoms with van der Waals surface area (Å²) < 4.78 is 2.92. The molecule has 0 spiro atoms. The summed E-state index contributed by atoms with van der Waals surface area (Å²) in [6.45, 7) is 0. The van der Waals surface area contributed by atoms with Crippen LogP contribution >= 0.6 is 46.1 Å². The first-order valence-corrected chi connectivity index (χ1v) is 6.38. The Balaban J connectivity index is 2.73. The molecule has 0 saturated heterocycles. The average Bonchev–Trinajstić information content (AvgIpc) is 2.20. The van der Waals surface area contributed by atoms with Crippen molar-refractivity contribution >= 4 is 52.0 Å². The Morgan fingerprint density at radius 1 is 1.50 bits per heavy atom. The molecular formula is C10H10Cl2INO2. The van der Waals surface area contributed by atoms with Crippen LogP contribution in [-0.2, 0) is 11.2 Å². The Bertz CT molecular complexity index is 387. The monoisotopic (exact) mass is 373 g/mol. The normalized spacial score (nSPS) is 12.4. The number of carboxylic acids is 1. The predicted molar refractivity (Wildman–Crippen MR) is 73.4 cm³/mol. The highest BCUT2D eigenvalue weighted by Crippen LogP contribution is 2.22. The summed E-state index contributed by atoms with van der Waals surface area (Å²) >= 11 is 13.7. The first kappa shape index (κ1) is 14.0. The maximum atomic E-state index is 10.6. The minimum atomic E-state index is -0.834. The van der Waals surface area contributed by atoms with Gasteiger partial charge in [-0.15, -0.1) is 0 Å². The van der Waals surface area contributed by atoms with Crippen molar-refractivity contribution in [3.8, 4) is 0 Å². The highest BCUT2D eigenvalue weighted by Gasteiger charge is 2.14. The van der Waals surface area contributed by atoms with Crippen molar-refractivity contribution in [1.82, 2.24) is 3.53 Å². The molecule has 1 aromatic carbocycles. The fourth-order valence-electron chi connectivity index (χ4n) is 1.31. The predicted octanol–water partition coefficient (Wildman–Crippen LogP) is 3.32. The van der Waals surface area contributed by atoms with Crippen molar-refractivity contribution in [1.29, 1.82) is 0 Å². The summed E-state index contributed by atoms with van der Waals surface area (Å²) in [6, 6.07) is 5.07. The van der Waals surface area contributed by atoms with E-state index in [-0.39, 0.29) is 12.5 Å². The highest BCUT2D eigenvalue weighted by molar-refractivity contribution is 14.1. The highest BCUT2D eigenvalue weighted by atomic mass is 127. The second kappa shape index (κ2) is 6.64. The minimum Gasteiger partial charge on any atom is -0.481 e. The number of benzene rings is 1. The molecule has 0 amide bonds. The number of rotatable bonds is 5. The number of hydrogen-bond donors (Lipinski definition) is 2. The van der Waals surface area contributed by atoms with E-state index in [1.54, 1.807) is 12.1 Å². The van der Waals surface area contributed by atoms with Crippen LogP contribution in [-0.4, -0.2) is 17.1 Å². The summed E-state index contributed by atoms with van der Waals surface area (Å²) in [5.41, 5.74) is 0.890. The molecule has 0 bridgehead atoms. The number of carbonyl (C=O) groups is 1. The van der Waals surface area contributed by atoms with Gasteiger partial charge in [0.25, 0.3) is 0 Å². The molecule has 1 atom stereocenters. The second-order valence-corrected chi connectivity index (χ2v) is 4.81. The van der Waals surface area contributed by atoms with Crippen LogP contribution in [0.15, 0.2) is 18.2 Å². The van der Waals surface area contributed by atoms with Crippen molar-refractivity contribution in [2.45, 2.75) is 18.9 Å². The molecule has 2 N–H and O–H groups in total. The third-order valence-corrected chi connectivity index (χ3v) is 3.52. The van der Waals surface area contributed by atoms with Crippen LogP contribution in [0.25, 0.3) is 0 Å². The smallest absolute Gasteiger partial charge is 0.304 e. The van der Waals surface area contributed by atoms with Gasteiger partial charge in [0.05, 0.1) is 6.42 Å². The van der Waals surface area contributed by atoms with Crippen LogP contribution < -0.4 is 3.53 Å². The van der Waals surface area contributed by atoms with Crippen LogP contribution in [0.3, 0.4) is 0 Å². The van der Waals surface area contributed by atoms with E-state index in [2.05, 4.69) is 3.53 Å². The molecule has 0 aliphatic heterocycles. The summed E-state index contributed by atoms with van der Waals surface area (Å²) in [6.07, 6.45) is 0.618. The van der Waals surface area contributed by atoms with E-state index in [9.17, 15) is 4.79 Å². The van der Waals surface area contributed by atoms with E-state index in [0.717, 1.165) is 5.56 Å². The molecule has 6 heteroatoms. The largest absolute Gasteiger partial charge is 0.481 e. The van der Waals surface area contributed by atoms with E-state index in [0.29, 0.717) is 16.5 Å². The molecule has 0 radical (unpaired) electrons. The average molecular weight is 374 g/mol. The van der Waals surface area contributed by atoms with Gasteiger partial charge < -0.3 is 5.11 Å². The van der Waals surface area contributed by atoms with E-state index in [1.165, 1.54) is 0 Å². The Labute approximate surface area is 118 Å². The lowest BCUT2D eigenvalue weighted by Crippen LogP contribution is -2.26. The molecule has 1 unspecified atom stereocenters. The van der Waals surface area contributed by atoms with E-state index in [1.807, 2.05) is 28.9 Å². The minimum absolute atomic E-state index is 0.0574. The van der Waals surface area contributed by atoms with Crippen LogP contribution in [0.5, 0.6) is 0 Å². The number of halogens is 3. The van der Waals surface area contributed by atoms with Gasteiger partial charge in [0.1, 0.15) is 0 Å². The molecule has 3 nitrogen and oxygen atoms in total. The number of hydrogen-bond acceptors (Lipinski definition) is 2. The van der Waals surface area contributed by atoms with Crippen molar-refractivity contribution < 1.29 is 9.90 Å². The van der Waals surface area contributed by atoms with Crippen LogP contribution in [0.2, 0.25) is 10.0 Å². The molecule has 1 rings (SSSR count). The Morgan fingerprint density at radius 3 is 2.69 bits per heavy atom. The van der Waals surface area contributed by atoms with Gasteiger partial charge in [-0.3, -0.25) is 8.32 Å². The number of nitrogens with one attached hydrogen (secondary N) is 1. The van der Waals surface area contributed by atoms with Crippen LogP contribution in [0.1, 0.15) is 12.0 Å². The molecule has 0 heterocycles. The van der Waals surface area contributed by atoms with Gasteiger partial charge in [-0.25, -0.2) is 0 Å². The standard InChI is InChI=1S/C10H10Cl2INO2/c11-7-2-1-6(9(12)4-7)3-8(14-13)5-10(15)16/h1-2,4,8,14H,3,5H2,(H,15,16). The molecule has 0 aliphatic rings. The maximum Gasteiger partial charge on any atom is 0.304 e. The Morgan fingerprint density at radius 2 is 2.19 bits per heavy atom. The zero-order valence-corrected chi connectivity index (χ0v) is 11.9. The molecule has 0 aromatic heterocycles. The quantitative estimate of drug-likeness (QED) is 0.614. The van der Waals surface area contributed by atoms with E-state index >= 15 is 0 Å². The summed E-state index contributed by atoms with van der Waals surface area (Å²) in [4.78, 5) is 10.6. The van der Waals surface area contributed by atoms with E-state index < -0.39 is 5.97 Å². The summed E-state index contributed by atoms with van der Waals surface area (Å²) in [5, 5.41) is 9.85. The van der Waals surface area contributed by atoms with Crippen molar-refractivity contribution in [3.63, 3.8) is 0 Å². The Kier molecular flexibility index (Phi) is 5.82. The van der Waals surface area contributed by atoms with Gasteiger partial charge >= 0.3 is 5.97 Å². The van der Waals surface area contributed by atoms with Gasteiger partial charge in [-0.1, -0.05) is 29.3 Å². The first-order chi connectivity index (χ1) is 7.52. The number of aliphatic carboxylic acids is 1. The molecular weight excluding hydrogens is 364 g/mol. The molecule has 1 aromatic rings. The van der Waals surface area contributed by atoms with Crippen molar-refractivity contribution in [2.24, 2.45) is 0 Å². The fourth-order valence-corrected chi connectivity index (χ4v) is 2.24. The zero-order chi connectivity index (χ0) is 12.1. The Hall–Kier alpha value is -0.0400. The van der Waals surface area contributed by atoms with Gasteiger partial charge in [-0.05, 0) is 24.1 Å². The van der Waals surface area contributed by atoms with Gasteiger partial charge in [-0.2, -0.15) is 0 Å². The maximum absolute atomic E-state index is 10.6. The van der Waals surface area contributed by atoms with Crippen molar-refractivity contribution in [3.05, 3.63) is 33.8 Å². The molecule has 0 aliphatic carbocycles. The van der Waals surface area contributed by atoms with Crippen molar-refractivity contribution in [2.75, 3.05) is 0 Å². The lowest BCUT2D eigenvalue weighted by atomic mass is 10.0. The lowest BCUT2D eigenvalue weighted by molar-refractivity contribution is -0.137. The zero-order valence-electron chi connectivity index (χ0n) is 8.21. The van der Waals surface area contributed by atoms with Crippen LogP contribution in [0.4, 0.5) is 0 Å². The van der Waals surface area contributed by atoms with Gasteiger partial charge in [0.15, 0.2) is 0 Å². The molecule has 16 heavy (non-hydrogen) atoms. The van der Waals surface area contributed by atoms with E-state index in [4.69, 9.17) is 28.3 Å². The molecule has 0 fully saturated rings. The number of carboxylic acid groups (broad SMARTS) is 1. The third kappa shape index (κ3) is 4.45. The SMILES string of the molecule is O=C(O)CC(Cc1ccc(Cl)cc1Cl)NI. The van der Waals surface area contributed by atoms with Crippen LogP contribution in [0, 0.1) is 0 Å². The first-order valence-electron chi connectivity index (χ1n) is 4.54. The molecule has 88 valence electrons. The lowest BCUT2D eigenvalue weighted by Gasteiger charge is -2.13.